The first-order valence-electron chi connectivity index (χ1n) is 15.7. The molecular weight excluding hydrogens is 759 g/mol. The summed E-state index contributed by atoms with van der Waals surface area (Å²) in [6, 6.07) is 12.5. The van der Waals surface area contributed by atoms with Gasteiger partial charge in [0.2, 0.25) is 0 Å². The minimum absolute atomic E-state index is 0.0959. The number of fused-ring (bicyclic) bond motifs is 1. The fourth-order valence-corrected chi connectivity index (χ4v) is 24.6. The molecule has 3 rings (SSSR count). The molecule has 3 aromatic rings. The molecule has 0 spiro atoms. The Bertz CT molecular complexity index is 1470. The lowest BCUT2D eigenvalue weighted by Gasteiger charge is -2.37. The maximum absolute atomic E-state index is 11.6. The first-order valence-corrected chi connectivity index (χ1v) is 29.5. The summed E-state index contributed by atoms with van der Waals surface area (Å²) >= 11 is 0.981. The van der Waals surface area contributed by atoms with Crippen molar-refractivity contribution in [2.24, 2.45) is 0 Å². The maximum Gasteiger partial charge on any atom is 0.667 e. The van der Waals surface area contributed by atoms with Gasteiger partial charge in [-0.15, -0.1) is 15.0 Å². The first kappa shape index (κ1) is 42.3. The van der Waals surface area contributed by atoms with Crippen LogP contribution in [-0.2, 0) is 44.5 Å². The third-order valence-electron chi connectivity index (χ3n) is 7.54. The average Bonchev–Trinajstić information content (AvgIpc) is 3.47. The summed E-state index contributed by atoms with van der Waals surface area (Å²) in [7, 11) is -12.9. The molecule has 2 atom stereocenters. The standard InChI is InChI=1S/C27H51N3O12SSi6/c1-22-20-23(27(31)26(21-22)30-28-24-15-11-12-16-25(24)29-30)14-13-17-45(7,8)40-48(33,38-43-6)41-46(9,10)18-19-47(32,35-3)42-49(36-4,37-5)39-44-34-2/h11-12,15-16,20-21,31-33H,13-14,17-19,44H2,1-10H3. The summed E-state index contributed by atoms with van der Waals surface area (Å²) in [5.74, 6) is 0.130. The molecule has 0 radical (unpaired) electrons. The number of aromatic hydroxyl groups is 1. The minimum Gasteiger partial charge on any atom is -0.505 e. The summed E-state index contributed by atoms with van der Waals surface area (Å²) < 4.78 is 51.3. The second-order valence-corrected chi connectivity index (χ2v) is 31.3. The predicted molar refractivity (Wildman–Crippen MR) is 200 cm³/mol. The van der Waals surface area contributed by atoms with Gasteiger partial charge < -0.3 is 48.9 Å². The molecule has 0 saturated heterocycles. The molecule has 0 fully saturated rings. The fraction of sp³-hybridized carbons (Fsp3) is 0.556. The number of nitrogens with zero attached hydrogens (tertiary/aromatic N) is 3. The Labute approximate surface area is 301 Å². The van der Waals surface area contributed by atoms with Crippen LogP contribution < -0.4 is 0 Å². The van der Waals surface area contributed by atoms with E-state index in [0.29, 0.717) is 30.6 Å². The number of hydrogen-bond donors (Lipinski definition) is 3. The quantitative estimate of drug-likeness (QED) is 0.0993. The predicted octanol–water partition coefficient (Wildman–Crippen LogP) is 3.52. The molecule has 2 aromatic carbocycles. The van der Waals surface area contributed by atoms with E-state index in [2.05, 4.69) is 10.2 Å². The first-order chi connectivity index (χ1) is 23.0. The average molecular weight is 810 g/mol. The molecule has 3 N–H and O–H groups in total. The van der Waals surface area contributed by atoms with Gasteiger partial charge in [-0.2, -0.15) is 0 Å². The molecule has 1 heterocycles. The lowest BCUT2D eigenvalue weighted by molar-refractivity contribution is 0.0402. The van der Waals surface area contributed by atoms with E-state index in [1.54, 1.807) is 6.26 Å². The molecule has 0 amide bonds. The number of hydrogen-bond acceptors (Lipinski definition) is 15. The van der Waals surface area contributed by atoms with Crippen molar-refractivity contribution in [2.75, 3.05) is 34.7 Å². The van der Waals surface area contributed by atoms with Crippen LogP contribution in [-0.4, -0.2) is 118 Å². The Morgan fingerprint density at radius 3 is 1.96 bits per heavy atom. The normalized spacial score (nSPS) is 15.7. The number of rotatable bonds is 22. The number of benzene rings is 2. The van der Waals surface area contributed by atoms with Gasteiger partial charge in [0, 0.05) is 40.7 Å². The molecule has 15 nitrogen and oxygen atoms in total. The monoisotopic (exact) mass is 809 g/mol. The number of phenolic OH excluding ortho intramolecular Hbond substituents is 1. The van der Waals surface area contributed by atoms with Gasteiger partial charge in [-0.25, -0.2) is 0 Å². The summed E-state index contributed by atoms with van der Waals surface area (Å²) in [5, 5.41) is 20.3. The topological polar surface area (TPSA) is 174 Å². The zero-order valence-electron chi connectivity index (χ0n) is 30.0. The Kier molecular flexibility index (Phi) is 15.6. The third kappa shape index (κ3) is 12.2. The Morgan fingerprint density at radius 1 is 0.837 bits per heavy atom. The maximum atomic E-state index is 11.6. The van der Waals surface area contributed by atoms with Crippen LogP contribution in [0, 0.1) is 6.92 Å². The summed E-state index contributed by atoms with van der Waals surface area (Å²) in [4.78, 5) is 24.4. The largest absolute Gasteiger partial charge is 0.667 e. The highest BCUT2D eigenvalue weighted by Crippen LogP contribution is 2.33. The minimum atomic E-state index is -4.13. The number of aromatic nitrogens is 3. The van der Waals surface area contributed by atoms with E-state index < -0.39 is 53.5 Å². The van der Waals surface area contributed by atoms with Gasteiger partial charge in [0.05, 0.1) is 0 Å². The van der Waals surface area contributed by atoms with Crippen molar-refractivity contribution in [3.05, 3.63) is 47.5 Å². The second kappa shape index (κ2) is 18.1. The lowest BCUT2D eigenvalue weighted by atomic mass is 10.0. The zero-order valence-corrected chi connectivity index (χ0v) is 37.2. The molecule has 49 heavy (non-hydrogen) atoms. The molecule has 1 aromatic heterocycles. The molecular formula is C27H51N3O12SSi6. The SMILES string of the molecule is CO[SiH2]O[Si](OC)(OC)O[Si](O)(CC[Si](C)(C)O[Si](O)(OSC)O[Si](C)(C)CCCc1cc(C)cc(-n2nc3ccccc3n2)c1O)OC. The van der Waals surface area contributed by atoms with Crippen LogP contribution in [0.2, 0.25) is 44.3 Å². The van der Waals surface area contributed by atoms with E-state index in [4.69, 9.17) is 38.0 Å². The number of aryl methyl sites for hydroxylation is 2. The van der Waals surface area contributed by atoms with Crippen LogP contribution in [0.3, 0.4) is 0 Å². The van der Waals surface area contributed by atoms with Crippen LogP contribution in [0.15, 0.2) is 36.4 Å². The van der Waals surface area contributed by atoms with Gasteiger partial charge in [-0.3, -0.25) is 3.87 Å². The van der Waals surface area contributed by atoms with Gasteiger partial charge in [-0.1, -0.05) is 18.2 Å². The van der Waals surface area contributed by atoms with Gasteiger partial charge in [-0.05, 0) is 99.4 Å². The van der Waals surface area contributed by atoms with Crippen LogP contribution in [0.25, 0.3) is 16.7 Å². The third-order valence-corrected chi connectivity index (χ3v) is 26.0. The van der Waals surface area contributed by atoms with Crippen molar-refractivity contribution in [1.82, 2.24) is 15.0 Å². The number of phenols is 1. The lowest BCUT2D eigenvalue weighted by Crippen LogP contribution is -2.60. The highest BCUT2D eigenvalue weighted by molar-refractivity contribution is 7.94. The van der Waals surface area contributed by atoms with Crippen LogP contribution in [0.1, 0.15) is 17.5 Å². The summed E-state index contributed by atoms with van der Waals surface area (Å²) in [5.41, 5.74) is 3.76. The molecule has 0 aliphatic heterocycles. The fourth-order valence-electron chi connectivity index (χ4n) is 5.10. The van der Waals surface area contributed by atoms with Crippen LogP contribution >= 0.6 is 12.0 Å². The Morgan fingerprint density at radius 2 is 1.43 bits per heavy atom. The van der Waals surface area contributed by atoms with Crippen molar-refractivity contribution in [1.29, 1.82) is 0 Å². The van der Waals surface area contributed by atoms with Crippen LogP contribution in [0.5, 0.6) is 5.75 Å². The van der Waals surface area contributed by atoms with E-state index >= 15 is 0 Å². The van der Waals surface area contributed by atoms with Gasteiger partial charge in [0.15, 0.2) is 16.6 Å². The van der Waals surface area contributed by atoms with E-state index in [1.807, 2.05) is 69.5 Å². The highest BCUT2D eigenvalue weighted by atomic mass is 32.2. The van der Waals surface area contributed by atoms with E-state index in [9.17, 15) is 14.7 Å². The van der Waals surface area contributed by atoms with Gasteiger partial charge in [0.1, 0.15) is 22.5 Å². The zero-order chi connectivity index (χ0) is 36.5. The van der Waals surface area contributed by atoms with Crippen molar-refractivity contribution in [2.45, 2.75) is 64.1 Å². The second-order valence-electron chi connectivity index (χ2n) is 12.6. The van der Waals surface area contributed by atoms with E-state index in [-0.39, 0.29) is 11.8 Å². The molecule has 0 bridgehead atoms. The van der Waals surface area contributed by atoms with Crippen molar-refractivity contribution in [3.8, 4) is 11.4 Å². The van der Waals surface area contributed by atoms with Crippen molar-refractivity contribution in [3.63, 3.8) is 0 Å². The highest BCUT2D eigenvalue weighted by Gasteiger charge is 2.56. The molecule has 0 aliphatic carbocycles. The van der Waals surface area contributed by atoms with Crippen molar-refractivity contribution < 1.29 is 52.7 Å². The van der Waals surface area contributed by atoms with Crippen molar-refractivity contribution >= 4 is 76.6 Å². The van der Waals surface area contributed by atoms with E-state index in [1.165, 1.54) is 33.2 Å². The molecule has 0 saturated carbocycles. The van der Waals surface area contributed by atoms with Gasteiger partial charge in [0.25, 0.3) is 10.0 Å². The molecule has 2 unspecified atom stereocenters. The molecule has 0 aliphatic rings. The Hall–Kier alpha value is -1.15. The van der Waals surface area contributed by atoms with E-state index in [0.717, 1.165) is 34.2 Å². The Balaban J connectivity index is 1.66. The van der Waals surface area contributed by atoms with Gasteiger partial charge >= 0.3 is 26.9 Å². The molecule has 276 valence electrons. The smallest absolute Gasteiger partial charge is 0.505 e. The summed E-state index contributed by atoms with van der Waals surface area (Å²) in [6.45, 7) is 9.77. The summed E-state index contributed by atoms with van der Waals surface area (Å²) in [6.07, 6.45) is 2.96. The van der Waals surface area contributed by atoms with Crippen LogP contribution in [0.4, 0.5) is 0 Å². The molecule has 22 heteroatoms.